The standard InChI is InChI=1S/C30H33N.C27H27N/c1-30(2)25-14-8-7-12-23(25)29-24-17-16-22-21(20-10-5-4-6-11-20)13-9-15-27(22)31(3)28(24)19-18-26(29)30;1-27(2,3)19-15-13-18-14-16-24-22-11-6-5-9-20(22)21-10-7-8-12-23(21)26(24)28(4)25(18)17-19/h7-9,12-15,18-20H,4-6,10-11,16-17H2,1-3H3;5-13,15,17H,14,16H2,1-4H3. The molecule has 4 aliphatic rings. The van der Waals surface area contributed by atoms with Crippen molar-refractivity contribution in [3.63, 3.8) is 0 Å². The highest BCUT2D eigenvalue weighted by molar-refractivity contribution is 6.16. The number of hydrogen-bond acceptors (Lipinski definition) is 2. The maximum Gasteiger partial charge on any atom is 0.0526 e. The van der Waals surface area contributed by atoms with Crippen LogP contribution in [0.1, 0.15) is 117 Å². The Morgan fingerprint density at radius 1 is 0.525 bits per heavy atom. The summed E-state index contributed by atoms with van der Waals surface area (Å²) in [4.78, 5) is 4.93. The SMILES string of the molecule is CN1c2cc(C(C)(C)C)ccc2CCc2c1c1ccccc1c1ccccc21.CN1c2cccc(C3CCCCC3)c2CCc2c1ccc1c2-c2ccccc2C1(C)C. The monoisotopic (exact) mass is 772 g/mol. The minimum absolute atomic E-state index is 0.0753. The molecule has 1 saturated carbocycles. The highest BCUT2D eigenvalue weighted by atomic mass is 15.1. The Morgan fingerprint density at radius 3 is 1.93 bits per heavy atom. The molecule has 2 heterocycles. The molecule has 0 atom stereocenters. The first-order chi connectivity index (χ1) is 28.5. The van der Waals surface area contributed by atoms with E-state index in [-0.39, 0.29) is 10.8 Å². The summed E-state index contributed by atoms with van der Waals surface area (Å²) in [5.74, 6) is 0.753. The van der Waals surface area contributed by atoms with Gasteiger partial charge in [0.25, 0.3) is 0 Å². The van der Waals surface area contributed by atoms with Gasteiger partial charge in [-0.25, -0.2) is 0 Å². The minimum Gasteiger partial charge on any atom is -0.344 e. The molecule has 0 bridgehead atoms. The topological polar surface area (TPSA) is 6.48 Å². The summed E-state index contributed by atoms with van der Waals surface area (Å²) in [6, 6.07) is 45.8. The molecule has 2 aliphatic carbocycles. The van der Waals surface area contributed by atoms with E-state index < -0.39 is 0 Å². The van der Waals surface area contributed by atoms with Gasteiger partial charge in [0.1, 0.15) is 0 Å². The van der Waals surface area contributed by atoms with Crippen LogP contribution in [0, 0.1) is 0 Å². The largest absolute Gasteiger partial charge is 0.344 e. The van der Waals surface area contributed by atoms with Gasteiger partial charge in [0, 0.05) is 42.0 Å². The number of hydrogen-bond donors (Lipinski definition) is 0. The van der Waals surface area contributed by atoms with Gasteiger partial charge in [-0.3, -0.25) is 0 Å². The Kier molecular flexibility index (Phi) is 9.27. The molecule has 2 nitrogen and oxygen atoms in total. The highest BCUT2D eigenvalue weighted by Gasteiger charge is 2.38. The molecule has 298 valence electrons. The van der Waals surface area contributed by atoms with Crippen molar-refractivity contribution in [2.45, 2.75) is 109 Å². The van der Waals surface area contributed by atoms with Gasteiger partial charge in [0.15, 0.2) is 0 Å². The van der Waals surface area contributed by atoms with Crippen LogP contribution in [0.5, 0.6) is 0 Å². The van der Waals surface area contributed by atoms with Gasteiger partial charge in [-0.1, -0.05) is 157 Å². The lowest BCUT2D eigenvalue weighted by atomic mass is 9.80. The van der Waals surface area contributed by atoms with Gasteiger partial charge < -0.3 is 9.80 Å². The van der Waals surface area contributed by atoms with E-state index in [0.717, 1.165) is 31.6 Å². The summed E-state index contributed by atoms with van der Waals surface area (Å²) in [7, 11) is 4.53. The van der Waals surface area contributed by atoms with Crippen LogP contribution in [-0.4, -0.2) is 14.1 Å². The summed E-state index contributed by atoms with van der Waals surface area (Å²) in [6.07, 6.45) is 11.4. The number of rotatable bonds is 1. The van der Waals surface area contributed by atoms with Crippen LogP contribution >= 0.6 is 0 Å². The summed E-state index contributed by atoms with van der Waals surface area (Å²) < 4.78 is 0. The van der Waals surface area contributed by atoms with Crippen LogP contribution in [0.15, 0.2) is 121 Å². The molecular formula is C57H60N2. The quantitative estimate of drug-likeness (QED) is 0.153. The Labute approximate surface area is 352 Å². The summed E-state index contributed by atoms with van der Waals surface area (Å²) in [6.45, 7) is 11.7. The second-order valence-corrected chi connectivity index (χ2v) is 19.5. The number of aryl methyl sites for hydroxylation is 2. The Morgan fingerprint density at radius 2 is 1.17 bits per heavy atom. The number of fused-ring (bicyclic) bond motifs is 13. The Hall–Kier alpha value is -5.34. The molecule has 0 aromatic heterocycles. The van der Waals surface area contributed by atoms with Crippen LogP contribution < -0.4 is 9.80 Å². The van der Waals surface area contributed by atoms with E-state index in [4.69, 9.17) is 0 Å². The number of anilines is 4. The maximum absolute atomic E-state index is 2.48. The van der Waals surface area contributed by atoms with Crippen LogP contribution in [0.4, 0.5) is 22.7 Å². The smallest absolute Gasteiger partial charge is 0.0526 e. The van der Waals surface area contributed by atoms with Crippen molar-refractivity contribution in [3.8, 4) is 11.1 Å². The number of nitrogens with zero attached hydrogens (tertiary/aromatic N) is 2. The van der Waals surface area contributed by atoms with Gasteiger partial charge in [-0.15, -0.1) is 0 Å². The lowest BCUT2D eigenvalue weighted by Crippen LogP contribution is -2.16. The van der Waals surface area contributed by atoms with Crippen molar-refractivity contribution in [2.75, 3.05) is 23.9 Å². The van der Waals surface area contributed by atoms with Crippen molar-refractivity contribution < 1.29 is 0 Å². The van der Waals surface area contributed by atoms with Gasteiger partial charge in [-0.2, -0.15) is 0 Å². The van der Waals surface area contributed by atoms with Crippen molar-refractivity contribution in [3.05, 3.63) is 166 Å². The second-order valence-electron chi connectivity index (χ2n) is 19.5. The fourth-order valence-corrected chi connectivity index (χ4v) is 11.5. The molecule has 7 aromatic rings. The molecule has 0 radical (unpaired) electrons. The third-order valence-electron chi connectivity index (χ3n) is 14.7. The van der Waals surface area contributed by atoms with Gasteiger partial charge >= 0.3 is 0 Å². The van der Waals surface area contributed by atoms with Gasteiger partial charge in [-0.05, 0) is 140 Å². The van der Waals surface area contributed by atoms with Crippen molar-refractivity contribution in [1.29, 1.82) is 0 Å². The third-order valence-corrected chi connectivity index (χ3v) is 14.7. The molecule has 0 unspecified atom stereocenters. The number of benzene rings is 7. The lowest BCUT2D eigenvalue weighted by Gasteiger charge is -2.28. The van der Waals surface area contributed by atoms with Gasteiger partial charge in [0.2, 0.25) is 0 Å². The molecule has 11 rings (SSSR count). The van der Waals surface area contributed by atoms with E-state index in [1.165, 1.54) is 115 Å². The van der Waals surface area contributed by atoms with E-state index in [2.05, 4.69) is 180 Å². The lowest BCUT2D eigenvalue weighted by molar-refractivity contribution is 0.441. The van der Waals surface area contributed by atoms with Crippen LogP contribution in [0.25, 0.3) is 32.7 Å². The Bertz CT molecular complexity index is 2750. The van der Waals surface area contributed by atoms with Crippen molar-refractivity contribution in [1.82, 2.24) is 0 Å². The van der Waals surface area contributed by atoms with E-state index in [1.54, 1.807) is 16.7 Å². The zero-order chi connectivity index (χ0) is 40.6. The molecular weight excluding hydrogens is 713 g/mol. The molecule has 7 aromatic carbocycles. The predicted molar refractivity (Wildman–Crippen MR) is 254 cm³/mol. The third kappa shape index (κ3) is 6.20. The first kappa shape index (κ1) is 37.9. The molecule has 0 N–H and O–H groups in total. The molecule has 2 aliphatic heterocycles. The predicted octanol–water partition coefficient (Wildman–Crippen LogP) is 15.1. The highest BCUT2D eigenvalue weighted by Crippen LogP contribution is 2.54. The molecule has 0 amide bonds. The summed E-state index contributed by atoms with van der Waals surface area (Å²) in [5, 5.41) is 5.46. The fraction of sp³-hybridized carbons (Fsp3) is 0.333. The van der Waals surface area contributed by atoms with Crippen LogP contribution in [0.2, 0.25) is 0 Å². The average molecular weight is 773 g/mol. The van der Waals surface area contributed by atoms with Crippen molar-refractivity contribution >= 4 is 44.3 Å². The van der Waals surface area contributed by atoms with Crippen molar-refractivity contribution in [2.24, 2.45) is 0 Å². The maximum atomic E-state index is 2.48. The van der Waals surface area contributed by atoms with E-state index in [1.807, 2.05) is 0 Å². The second kappa shape index (κ2) is 14.4. The summed E-state index contributed by atoms with van der Waals surface area (Å²) >= 11 is 0. The molecule has 0 saturated heterocycles. The van der Waals surface area contributed by atoms with Crippen LogP contribution in [-0.2, 0) is 36.5 Å². The van der Waals surface area contributed by atoms with E-state index in [0.29, 0.717) is 0 Å². The van der Waals surface area contributed by atoms with E-state index >= 15 is 0 Å². The normalized spacial score (nSPS) is 16.8. The first-order valence-electron chi connectivity index (χ1n) is 22.4. The molecule has 1 fully saturated rings. The van der Waals surface area contributed by atoms with Gasteiger partial charge in [0.05, 0.1) is 5.69 Å². The zero-order valence-electron chi connectivity index (χ0n) is 36.4. The fourth-order valence-electron chi connectivity index (χ4n) is 11.5. The molecule has 2 heteroatoms. The zero-order valence-corrected chi connectivity index (χ0v) is 36.4. The summed E-state index contributed by atoms with van der Waals surface area (Å²) in [5.41, 5.74) is 20.8. The Balaban J connectivity index is 0.000000143. The van der Waals surface area contributed by atoms with Crippen LogP contribution in [0.3, 0.4) is 0 Å². The minimum atomic E-state index is 0.0753. The van der Waals surface area contributed by atoms with E-state index in [9.17, 15) is 0 Å². The molecule has 59 heavy (non-hydrogen) atoms. The average Bonchev–Trinajstić information content (AvgIpc) is 3.33. The molecule has 0 spiro atoms. The first-order valence-corrected chi connectivity index (χ1v) is 22.4.